The molecule has 126 valence electrons. The second-order valence-electron chi connectivity index (χ2n) is 6.30. The number of methoxy groups -OCH3 is 1. The molecule has 1 aliphatic carbocycles. The monoisotopic (exact) mass is 312 g/mol. The predicted molar refractivity (Wildman–Crippen MR) is 82.1 cm³/mol. The molecule has 0 bridgehead atoms. The van der Waals surface area contributed by atoms with Crippen LogP contribution in [0, 0.1) is 5.92 Å². The van der Waals surface area contributed by atoms with Crippen molar-refractivity contribution in [2.75, 3.05) is 13.7 Å². The molecule has 0 aromatic carbocycles. The highest BCUT2D eigenvalue weighted by Gasteiger charge is 2.35. The van der Waals surface area contributed by atoms with Gasteiger partial charge in [-0.2, -0.15) is 0 Å². The average molecular weight is 312 g/mol. The molecule has 2 rings (SSSR count). The van der Waals surface area contributed by atoms with Gasteiger partial charge in [0.2, 0.25) is 5.91 Å². The Bertz CT molecular complexity index is 388. The van der Waals surface area contributed by atoms with Crippen molar-refractivity contribution in [1.29, 1.82) is 0 Å². The number of amides is 1. The zero-order valence-corrected chi connectivity index (χ0v) is 13.4. The number of hydrogen-bond donors (Lipinski definition) is 2. The van der Waals surface area contributed by atoms with Gasteiger partial charge in [-0.05, 0) is 25.7 Å². The van der Waals surface area contributed by atoms with Crippen LogP contribution in [0.25, 0.3) is 0 Å². The van der Waals surface area contributed by atoms with Gasteiger partial charge >= 0.3 is 5.97 Å². The lowest BCUT2D eigenvalue weighted by Crippen LogP contribution is -2.48. The SMILES string of the molecule is COC(=O)C1CCCCCCC1NC(=O)[C@@H]1CC[C@H](CN)O1. The largest absolute Gasteiger partial charge is 0.469 e. The summed E-state index contributed by atoms with van der Waals surface area (Å²) in [6, 6.07) is -0.152. The topological polar surface area (TPSA) is 90.7 Å². The first-order valence-electron chi connectivity index (χ1n) is 8.39. The highest BCUT2D eigenvalue weighted by atomic mass is 16.5. The van der Waals surface area contributed by atoms with Crippen LogP contribution >= 0.6 is 0 Å². The number of nitrogens with two attached hydrogens (primary N) is 1. The summed E-state index contributed by atoms with van der Waals surface area (Å²) in [4.78, 5) is 24.4. The van der Waals surface area contributed by atoms with E-state index >= 15 is 0 Å². The van der Waals surface area contributed by atoms with E-state index in [0.717, 1.165) is 44.9 Å². The Hall–Kier alpha value is -1.14. The minimum Gasteiger partial charge on any atom is -0.469 e. The molecule has 0 aromatic rings. The molecule has 6 nitrogen and oxygen atoms in total. The van der Waals surface area contributed by atoms with Crippen molar-refractivity contribution >= 4 is 11.9 Å². The second kappa shape index (κ2) is 8.48. The molecule has 1 heterocycles. The summed E-state index contributed by atoms with van der Waals surface area (Å²) in [7, 11) is 1.41. The van der Waals surface area contributed by atoms with Gasteiger partial charge in [-0.25, -0.2) is 0 Å². The van der Waals surface area contributed by atoms with Crippen LogP contribution in [0.2, 0.25) is 0 Å². The third-order valence-electron chi connectivity index (χ3n) is 4.76. The summed E-state index contributed by atoms with van der Waals surface area (Å²) in [5.74, 6) is -0.587. The highest BCUT2D eigenvalue weighted by Crippen LogP contribution is 2.25. The Labute approximate surface area is 132 Å². The molecule has 6 heteroatoms. The number of carbonyl (C=O) groups excluding carboxylic acids is 2. The maximum atomic E-state index is 12.4. The lowest BCUT2D eigenvalue weighted by atomic mass is 9.86. The zero-order valence-electron chi connectivity index (χ0n) is 13.4. The number of hydrogen-bond acceptors (Lipinski definition) is 5. The Morgan fingerprint density at radius 1 is 1.14 bits per heavy atom. The van der Waals surface area contributed by atoms with Gasteiger partial charge in [0.05, 0.1) is 19.1 Å². The van der Waals surface area contributed by atoms with Crippen LogP contribution < -0.4 is 11.1 Å². The van der Waals surface area contributed by atoms with Crippen LogP contribution in [-0.2, 0) is 19.1 Å². The van der Waals surface area contributed by atoms with Gasteiger partial charge in [0.1, 0.15) is 6.10 Å². The Morgan fingerprint density at radius 2 is 1.86 bits per heavy atom. The van der Waals surface area contributed by atoms with E-state index in [1.165, 1.54) is 7.11 Å². The second-order valence-corrected chi connectivity index (χ2v) is 6.30. The third-order valence-corrected chi connectivity index (χ3v) is 4.76. The average Bonchev–Trinajstić information content (AvgIpc) is 2.98. The van der Waals surface area contributed by atoms with Gasteiger partial charge in [-0.3, -0.25) is 9.59 Å². The summed E-state index contributed by atoms with van der Waals surface area (Å²) in [5, 5.41) is 3.03. The van der Waals surface area contributed by atoms with Crippen LogP contribution in [0.4, 0.5) is 0 Å². The number of carbonyl (C=O) groups is 2. The fourth-order valence-corrected chi connectivity index (χ4v) is 3.44. The molecule has 1 saturated carbocycles. The van der Waals surface area contributed by atoms with E-state index in [1.54, 1.807) is 0 Å². The molecule has 22 heavy (non-hydrogen) atoms. The molecule has 0 spiro atoms. The summed E-state index contributed by atoms with van der Waals surface area (Å²) in [6.45, 7) is 0.442. The van der Waals surface area contributed by atoms with E-state index in [2.05, 4.69) is 5.32 Å². The molecule has 0 aromatic heterocycles. The van der Waals surface area contributed by atoms with Gasteiger partial charge < -0.3 is 20.5 Å². The normalized spacial score (nSPS) is 32.8. The quantitative estimate of drug-likeness (QED) is 0.759. The standard InChI is InChI=1S/C16H28N2O4/c1-21-16(20)12-6-4-2-3-5-7-13(12)18-15(19)14-9-8-11(10-17)22-14/h11-14H,2-10,17H2,1H3,(H,18,19)/t11-,12?,13?,14+/m1/s1. The Balaban J connectivity index is 1.96. The molecule has 2 fully saturated rings. The van der Waals surface area contributed by atoms with E-state index in [0.29, 0.717) is 13.0 Å². The Kier molecular flexibility index (Phi) is 6.64. The van der Waals surface area contributed by atoms with Crippen molar-refractivity contribution in [2.45, 2.75) is 69.6 Å². The number of esters is 1. The van der Waals surface area contributed by atoms with Crippen LogP contribution in [-0.4, -0.2) is 43.8 Å². The summed E-state index contributed by atoms with van der Waals surface area (Å²) in [5.41, 5.74) is 5.58. The maximum absolute atomic E-state index is 12.4. The minimum absolute atomic E-state index is 0.0236. The fraction of sp³-hybridized carbons (Fsp3) is 0.875. The molecule has 2 aliphatic rings. The molecule has 0 radical (unpaired) electrons. The van der Waals surface area contributed by atoms with Crippen LogP contribution in [0.1, 0.15) is 51.4 Å². The molecule has 4 atom stereocenters. The van der Waals surface area contributed by atoms with Crippen molar-refractivity contribution in [3.05, 3.63) is 0 Å². The predicted octanol–water partition coefficient (Wildman–Crippen LogP) is 1.12. The molecular formula is C16H28N2O4. The van der Waals surface area contributed by atoms with Crippen LogP contribution in [0.5, 0.6) is 0 Å². The van der Waals surface area contributed by atoms with Crippen molar-refractivity contribution in [1.82, 2.24) is 5.32 Å². The minimum atomic E-state index is -0.433. The number of rotatable bonds is 4. The van der Waals surface area contributed by atoms with E-state index in [-0.39, 0.29) is 29.9 Å². The zero-order chi connectivity index (χ0) is 15.9. The first-order chi connectivity index (χ1) is 10.7. The number of nitrogens with one attached hydrogen (secondary N) is 1. The maximum Gasteiger partial charge on any atom is 0.310 e. The lowest BCUT2D eigenvalue weighted by Gasteiger charge is -2.29. The van der Waals surface area contributed by atoms with Crippen molar-refractivity contribution in [3.8, 4) is 0 Å². The molecule has 1 aliphatic heterocycles. The van der Waals surface area contributed by atoms with Crippen molar-refractivity contribution in [2.24, 2.45) is 11.7 Å². The van der Waals surface area contributed by atoms with Gasteiger partial charge in [-0.15, -0.1) is 0 Å². The van der Waals surface area contributed by atoms with Gasteiger partial charge in [-0.1, -0.05) is 25.7 Å². The highest BCUT2D eigenvalue weighted by molar-refractivity contribution is 5.82. The molecule has 2 unspecified atom stereocenters. The lowest BCUT2D eigenvalue weighted by molar-refractivity contribution is -0.147. The molecule has 3 N–H and O–H groups in total. The van der Waals surface area contributed by atoms with E-state index in [9.17, 15) is 9.59 Å². The van der Waals surface area contributed by atoms with E-state index in [4.69, 9.17) is 15.2 Å². The number of ether oxygens (including phenoxy) is 2. The molecular weight excluding hydrogens is 284 g/mol. The van der Waals surface area contributed by atoms with Crippen LogP contribution in [0.3, 0.4) is 0 Å². The van der Waals surface area contributed by atoms with E-state index in [1.807, 2.05) is 0 Å². The molecule has 1 saturated heterocycles. The Morgan fingerprint density at radius 3 is 2.50 bits per heavy atom. The summed E-state index contributed by atoms with van der Waals surface area (Å²) >= 11 is 0. The molecule has 1 amide bonds. The van der Waals surface area contributed by atoms with Gasteiger partial charge in [0.15, 0.2) is 0 Å². The third kappa shape index (κ3) is 4.43. The van der Waals surface area contributed by atoms with Gasteiger partial charge in [0, 0.05) is 12.6 Å². The summed E-state index contributed by atoms with van der Waals surface area (Å²) in [6.07, 6.45) is 6.96. The fourth-order valence-electron chi connectivity index (χ4n) is 3.44. The van der Waals surface area contributed by atoms with Gasteiger partial charge in [0.25, 0.3) is 0 Å². The summed E-state index contributed by atoms with van der Waals surface area (Å²) < 4.78 is 10.6. The van der Waals surface area contributed by atoms with Crippen molar-refractivity contribution < 1.29 is 19.1 Å². The van der Waals surface area contributed by atoms with E-state index < -0.39 is 6.10 Å². The first kappa shape index (κ1) is 17.2. The van der Waals surface area contributed by atoms with Crippen molar-refractivity contribution in [3.63, 3.8) is 0 Å². The first-order valence-corrected chi connectivity index (χ1v) is 8.39. The smallest absolute Gasteiger partial charge is 0.310 e. The van der Waals surface area contributed by atoms with Crippen LogP contribution in [0.15, 0.2) is 0 Å².